The summed E-state index contributed by atoms with van der Waals surface area (Å²) in [5.41, 5.74) is 8.08. The fourth-order valence-electron chi connectivity index (χ4n) is 2.27. The van der Waals surface area contributed by atoms with Crippen molar-refractivity contribution in [1.29, 1.82) is 0 Å². The van der Waals surface area contributed by atoms with Gasteiger partial charge in [-0.2, -0.15) is 0 Å². The summed E-state index contributed by atoms with van der Waals surface area (Å²) < 4.78 is 1.07. The molecule has 6 heteroatoms. The van der Waals surface area contributed by atoms with E-state index in [9.17, 15) is 4.79 Å². The summed E-state index contributed by atoms with van der Waals surface area (Å²) in [4.78, 5) is 13.6. The predicted molar refractivity (Wildman–Crippen MR) is 90.2 cm³/mol. The fraction of sp³-hybridized carbons (Fsp3) is 0.400. The van der Waals surface area contributed by atoms with Gasteiger partial charge in [0.2, 0.25) is 5.91 Å². The minimum atomic E-state index is -0.785. The lowest BCUT2D eigenvalue weighted by molar-refractivity contribution is -0.133. The van der Waals surface area contributed by atoms with E-state index in [1.165, 1.54) is 11.1 Å². The SMILES string of the molecule is Cl.N[C@H](CO)C(=O)N1CCC(=Cc2ccc(Br)cc2)CC1. The molecule has 0 bridgehead atoms. The largest absolute Gasteiger partial charge is 0.394 e. The maximum atomic E-state index is 11.8. The summed E-state index contributed by atoms with van der Waals surface area (Å²) in [5.74, 6) is -0.157. The van der Waals surface area contributed by atoms with Gasteiger partial charge in [-0.3, -0.25) is 4.79 Å². The summed E-state index contributed by atoms with van der Waals surface area (Å²) in [7, 11) is 0. The van der Waals surface area contributed by atoms with E-state index >= 15 is 0 Å². The van der Waals surface area contributed by atoms with Gasteiger partial charge in [0.05, 0.1) is 6.61 Å². The molecular weight excluding hydrogens is 356 g/mol. The van der Waals surface area contributed by atoms with E-state index in [2.05, 4.69) is 34.1 Å². The first-order chi connectivity index (χ1) is 9.60. The van der Waals surface area contributed by atoms with Crippen molar-refractivity contribution in [3.05, 3.63) is 39.9 Å². The maximum absolute atomic E-state index is 11.8. The van der Waals surface area contributed by atoms with Crippen LogP contribution in [0.2, 0.25) is 0 Å². The van der Waals surface area contributed by atoms with E-state index in [-0.39, 0.29) is 24.9 Å². The number of nitrogens with two attached hydrogens (primary N) is 1. The Kier molecular flexibility index (Phi) is 7.39. The Balaban J connectivity index is 0.00000220. The van der Waals surface area contributed by atoms with Crippen molar-refractivity contribution in [3.63, 3.8) is 0 Å². The van der Waals surface area contributed by atoms with Crippen LogP contribution in [0.4, 0.5) is 0 Å². The van der Waals surface area contributed by atoms with Gasteiger partial charge in [-0.1, -0.05) is 39.7 Å². The quantitative estimate of drug-likeness (QED) is 0.851. The topological polar surface area (TPSA) is 66.6 Å². The highest BCUT2D eigenvalue weighted by Crippen LogP contribution is 2.20. The van der Waals surface area contributed by atoms with Crippen LogP contribution in [0.25, 0.3) is 6.08 Å². The molecule has 1 aliphatic heterocycles. The molecule has 0 aromatic heterocycles. The molecule has 1 amide bonds. The average Bonchev–Trinajstić information content (AvgIpc) is 2.49. The van der Waals surface area contributed by atoms with E-state index in [0.29, 0.717) is 13.1 Å². The second-order valence-corrected chi connectivity index (χ2v) is 5.88. The molecule has 0 spiro atoms. The number of amides is 1. The first kappa shape index (κ1) is 18.2. The number of likely N-dealkylation sites (tertiary alicyclic amines) is 1. The van der Waals surface area contributed by atoms with Crippen molar-refractivity contribution in [2.45, 2.75) is 18.9 Å². The number of aliphatic hydroxyl groups excluding tert-OH is 1. The van der Waals surface area contributed by atoms with Gasteiger partial charge < -0.3 is 15.7 Å². The van der Waals surface area contributed by atoms with Crippen molar-refractivity contribution in [2.75, 3.05) is 19.7 Å². The van der Waals surface area contributed by atoms with Crippen LogP contribution in [0.3, 0.4) is 0 Å². The third-order valence-electron chi connectivity index (χ3n) is 3.47. The summed E-state index contributed by atoms with van der Waals surface area (Å²) in [6, 6.07) is 7.38. The minimum absolute atomic E-state index is 0. The van der Waals surface area contributed by atoms with Gasteiger partial charge in [-0.15, -0.1) is 12.4 Å². The molecule has 3 N–H and O–H groups in total. The minimum Gasteiger partial charge on any atom is -0.394 e. The molecule has 1 saturated heterocycles. The first-order valence-electron chi connectivity index (χ1n) is 6.70. The lowest BCUT2D eigenvalue weighted by Crippen LogP contribution is -2.47. The Labute approximate surface area is 139 Å². The van der Waals surface area contributed by atoms with E-state index < -0.39 is 6.04 Å². The maximum Gasteiger partial charge on any atom is 0.241 e. The molecule has 0 unspecified atom stereocenters. The van der Waals surface area contributed by atoms with Crippen molar-refractivity contribution in [2.24, 2.45) is 5.73 Å². The lowest BCUT2D eigenvalue weighted by Gasteiger charge is -2.30. The van der Waals surface area contributed by atoms with Gasteiger partial charge in [0.15, 0.2) is 0 Å². The second-order valence-electron chi connectivity index (χ2n) is 4.97. The number of benzene rings is 1. The van der Waals surface area contributed by atoms with Crippen LogP contribution in [0.15, 0.2) is 34.3 Å². The number of hydrogen-bond donors (Lipinski definition) is 2. The molecule has 2 rings (SSSR count). The monoisotopic (exact) mass is 374 g/mol. The van der Waals surface area contributed by atoms with Crippen LogP contribution in [0, 0.1) is 0 Å². The third-order valence-corrected chi connectivity index (χ3v) is 4.00. The van der Waals surface area contributed by atoms with Crippen LogP contribution < -0.4 is 5.73 Å². The third kappa shape index (κ3) is 5.11. The Morgan fingerprint density at radius 2 is 1.90 bits per heavy atom. The van der Waals surface area contributed by atoms with Crippen LogP contribution >= 0.6 is 28.3 Å². The van der Waals surface area contributed by atoms with Gasteiger partial charge in [0.1, 0.15) is 6.04 Å². The molecule has 1 aliphatic rings. The number of halogens is 2. The van der Waals surface area contributed by atoms with Gasteiger partial charge in [0, 0.05) is 17.6 Å². The molecule has 1 aromatic carbocycles. The van der Waals surface area contributed by atoms with E-state index in [1.54, 1.807) is 4.90 Å². The molecule has 21 heavy (non-hydrogen) atoms. The number of hydrogen-bond acceptors (Lipinski definition) is 3. The number of carbonyl (C=O) groups is 1. The lowest BCUT2D eigenvalue weighted by atomic mass is 10.0. The van der Waals surface area contributed by atoms with E-state index in [0.717, 1.165) is 17.3 Å². The van der Waals surface area contributed by atoms with E-state index in [1.807, 2.05) is 12.1 Å². The smallest absolute Gasteiger partial charge is 0.241 e. The Hall–Kier alpha value is -0.880. The zero-order valence-electron chi connectivity index (χ0n) is 11.7. The molecule has 1 atom stereocenters. The highest BCUT2D eigenvalue weighted by molar-refractivity contribution is 9.10. The zero-order chi connectivity index (χ0) is 14.5. The Bertz CT molecular complexity index is 495. The van der Waals surface area contributed by atoms with Crippen LogP contribution in [-0.4, -0.2) is 41.7 Å². The number of rotatable bonds is 3. The number of piperidine rings is 1. The summed E-state index contributed by atoms with van der Waals surface area (Å²) in [5, 5.41) is 8.92. The molecule has 116 valence electrons. The highest BCUT2D eigenvalue weighted by Gasteiger charge is 2.23. The second kappa shape index (κ2) is 8.54. The molecule has 1 aromatic rings. The predicted octanol–water partition coefficient (Wildman–Crippen LogP) is 2.20. The number of nitrogens with zero attached hydrogens (tertiary/aromatic N) is 1. The molecule has 0 saturated carbocycles. The number of carbonyl (C=O) groups excluding carboxylic acids is 1. The number of aliphatic hydroxyl groups is 1. The van der Waals surface area contributed by atoms with Crippen LogP contribution in [0.1, 0.15) is 18.4 Å². The molecular formula is C15H20BrClN2O2. The van der Waals surface area contributed by atoms with Gasteiger partial charge >= 0.3 is 0 Å². The summed E-state index contributed by atoms with van der Waals surface area (Å²) >= 11 is 3.42. The average molecular weight is 376 g/mol. The molecule has 1 fully saturated rings. The Morgan fingerprint density at radius 1 is 1.33 bits per heavy atom. The molecule has 1 heterocycles. The van der Waals surface area contributed by atoms with Crippen molar-refractivity contribution in [1.82, 2.24) is 4.90 Å². The molecule has 0 aliphatic carbocycles. The van der Waals surface area contributed by atoms with Gasteiger partial charge in [-0.25, -0.2) is 0 Å². The normalized spacial score (nSPS) is 16.1. The summed E-state index contributed by atoms with van der Waals surface area (Å²) in [6.45, 7) is 1.06. The van der Waals surface area contributed by atoms with Crippen molar-refractivity contribution >= 4 is 40.3 Å². The van der Waals surface area contributed by atoms with E-state index in [4.69, 9.17) is 10.8 Å². The standard InChI is InChI=1S/C15H19BrN2O2.ClH/c16-13-3-1-11(2-4-13)9-12-5-7-18(8-6-12)15(20)14(17)10-19;/h1-4,9,14,19H,5-8,10,17H2;1H/t14-;/m1./s1. The molecule has 0 radical (unpaired) electrons. The highest BCUT2D eigenvalue weighted by atomic mass is 79.9. The Morgan fingerprint density at radius 3 is 2.43 bits per heavy atom. The first-order valence-corrected chi connectivity index (χ1v) is 7.49. The summed E-state index contributed by atoms with van der Waals surface area (Å²) in [6.07, 6.45) is 3.90. The van der Waals surface area contributed by atoms with Crippen molar-refractivity contribution < 1.29 is 9.90 Å². The van der Waals surface area contributed by atoms with Gasteiger partial charge in [-0.05, 0) is 30.5 Å². The fourth-order valence-corrected chi connectivity index (χ4v) is 2.53. The van der Waals surface area contributed by atoms with Crippen LogP contribution in [0.5, 0.6) is 0 Å². The van der Waals surface area contributed by atoms with Crippen LogP contribution in [-0.2, 0) is 4.79 Å². The zero-order valence-corrected chi connectivity index (χ0v) is 14.1. The molecule has 4 nitrogen and oxygen atoms in total. The van der Waals surface area contributed by atoms with Gasteiger partial charge in [0.25, 0.3) is 0 Å². The van der Waals surface area contributed by atoms with Crippen molar-refractivity contribution in [3.8, 4) is 0 Å².